The normalized spacial score (nSPS) is 9.75. The first kappa shape index (κ1) is 21.7. The molecule has 0 aliphatic heterocycles. The number of nitrogens with one attached hydrogen (secondary N) is 1. The van der Waals surface area contributed by atoms with Gasteiger partial charge in [-0.3, -0.25) is 25.0 Å². The van der Waals surface area contributed by atoms with Crippen molar-refractivity contribution in [3.05, 3.63) is 38.4 Å². The number of non-ortho nitro benzene ring substituents is 1. The Balaban J connectivity index is 0.000000640. The monoisotopic (exact) mass is 363 g/mol. The molecule has 0 amide bonds. The minimum Gasteiger partial charge on any atom is -0.481 e. The van der Waals surface area contributed by atoms with Crippen molar-refractivity contribution in [2.45, 2.75) is 4.90 Å². The first-order valence-electron chi connectivity index (χ1n) is 6.53. The third-order valence-electron chi connectivity index (χ3n) is 2.28. The number of aliphatic hydroxyl groups excluding tert-OH is 2. The molecule has 4 N–H and O–H groups in total. The lowest BCUT2D eigenvalue weighted by atomic mass is 10.3. The number of nitro groups is 2. The highest BCUT2D eigenvalue weighted by molar-refractivity contribution is 8.00. The largest absolute Gasteiger partial charge is 0.481 e. The van der Waals surface area contributed by atoms with Gasteiger partial charge in [0.2, 0.25) is 0 Å². The quantitative estimate of drug-likeness (QED) is 0.206. The van der Waals surface area contributed by atoms with Gasteiger partial charge in [-0.15, -0.1) is 11.8 Å². The van der Waals surface area contributed by atoms with Crippen LogP contribution in [0.5, 0.6) is 0 Å². The van der Waals surface area contributed by atoms with Gasteiger partial charge >= 0.3 is 5.97 Å². The summed E-state index contributed by atoms with van der Waals surface area (Å²) >= 11 is 0.740. The predicted octanol–water partition coefficient (Wildman–Crippen LogP) is 0.240. The minimum absolute atomic E-state index is 0.0861. The van der Waals surface area contributed by atoms with E-state index in [0.717, 1.165) is 23.9 Å². The molecule has 0 aliphatic carbocycles. The maximum absolute atomic E-state index is 10.7. The van der Waals surface area contributed by atoms with E-state index in [9.17, 15) is 25.0 Å². The fourth-order valence-corrected chi connectivity index (χ4v) is 2.03. The zero-order valence-electron chi connectivity index (χ0n) is 12.5. The summed E-state index contributed by atoms with van der Waals surface area (Å²) in [6.45, 7) is 1.42. The number of aliphatic carboxylic acids is 1. The number of carboxylic acid groups (broad SMARTS) is 1. The number of hydrogen-bond acceptors (Lipinski definition) is 9. The fraction of sp³-hybridized carbons (Fsp3) is 0.417. The highest BCUT2D eigenvalue weighted by Gasteiger charge is 2.20. The number of thioether (sulfide) groups is 1. The van der Waals surface area contributed by atoms with Gasteiger partial charge in [-0.05, 0) is 6.07 Å². The van der Waals surface area contributed by atoms with E-state index in [0.29, 0.717) is 13.1 Å². The molecule has 24 heavy (non-hydrogen) atoms. The molecule has 12 heteroatoms. The van der Waals surface area contributed by atoms with Crippen LogP contribution in [0.2, 0.25) is 0 Å². The van der Waals surface area contributed by atoms with Crippen molar-refractivity contribution in [3.8, 4) is 0 Å². The SMILES string of the molecule is O=C(O)CSc1ccc([N+](=O)[O-])cc1[N+](=O)[O-].OCCNCCO. The van der Waals surface area contributed by atoms with Crippen molar-refractivity contribution in [2.24, 2.45) is 0 Å². The van der Waals surface area contributed by atoms with Crippen molar-refractivity contribution in [2.75, 3.05) is 32.1 Å². The second-order valence-corrected chi connectivity index (χ2v) is 5.06. The zero-order chi connectivity index (χ0) is 18.5. The number of carboxylic acids is 1. The standard InChI is InChI=1S/C8H6N2O6S.C4H11NO2/c11-8(12)4-17-7-2-1-5(9(13)14)3-6(7)10(15)16;6-3-1-5-2-4-7/h1-3H,4H2,(H,11,12);5-7H,1-4H2. The summed E-state index contributed by atoms with van der Waals surface area (Å²) in [5.41, 5.74) is -0.873. The molecule has 0 fully saturated rings. The van der Waals surface area contributed by atoms with Crippen LogP contribution in [0.15, 0.2) is 23.1 Å². The summed E-state index contributed by atoms with van der Waals surface area (Å²) in [4.78, 5) is 30.0. The zero-order valence-corrected chi connectivity index (χ0v) is 13.3. The predicted molar refractivity (Wildman–Crippen MR) is 85.2 cm³/mol. The molecule has 0 heterocycles. The van der Waals surface area contributed by atoms with Gasteiger partial charge in [-0.1, -0.05) is 0 Å². The van der Waals surface area contributed by atoms with Gasteiger partial charge in [-0.25, -0.2) is 0 Å². The molecule has 0 saturated heterocycles. The maximum atomic E-state index is 10.7. The fourth-order valence-electron chi connectivity index (χ4n) is 1.31. The summed E-state index contributed by atoms with van der Waals surface area (Å²) in [5.74, 6) is -1.47. The molecule has 0 unspecified atom stereocenters. The lowest BCUT2D eigenvalue weighted by molar-refractivity contribution is -0.396. The lowest BCUT2D eigenvalue weighted by Gasteiger charge is -2.00. The van der Waals surface area contributed by atoms with Crippen LogP contribution < -0.4 is 5.32 Å². The number of benzene rings is 1. The Morgan fingerprint density at radius 2 is 1.71 bits per heavy atom. The Morgan fingerprint density at radius 1 is 1.12 bits per heavy atom. The molecular formula is C12H17N3O8S. The highest BCUT2D eigenvalue weighted by atomic mass is 32.2. The molecule has 0 spiro atoms. The molecule has 0 aromatic heterocycles. The van der Waals surface area contributed by atoms with Gasteiger partial charge < -0.3 is 20.6 Å². The van der Waals surface area contributed by atoms with E-state index >= 15 is 0 Å². The highest BCUT2D eigenvalue weighted by Crippen LogP contribution is 2.32. The van der Waals surface area contributed by atoms with Gasteiger partial charge in [0.1, 0.15) is 0 Å². The van der Waals surface area contributed by atoms with Crippen LogP contribution in [0.1, 0.15) is 0 Å². The Morgan fingerprint density at radius 3 is 2.12 bits per heavy atom. The number of nitrogens with zero attached hydrogens (tertiary/aromatic N) is 2. The van der Waals surface area contributed by atoms with E-state index in [-0.39, 0.29) is 23.9 Å². The van der Waals surface area contributed by atoms with E-state index in [4.69, 9.17) is 15.3 Å². The molecule has 1 rings (SSSR count). The van der Waals surface area contributed by atoms with Crippen molar-refractivity contribution >= 4 is 29.1 Å². The number of aliphatic hydroxyl groups is 2. The number of hydrogen-bond donors (Lipinski definition) is 4. The van der Waals surface area contributed by atoms with Crippen LogP contribution in [-0.2, 0) is 4.79 Å². The summed E-state index contributed by atoms with van der Waals surface area (Å²) in [7, 11) is 0. The van der Waals surface area contributed by atoms with Gasteiger partial charge in [-0.2, -0.15) is 0 Å². The van der Waals surface area contributed by atoms with Gasteiger partial charge in [0.25, 0.3) is 11.4 Å². The Bertz CT molecular complexity index is 565. The van der Waals surface area contributed by atoms with Crippen molar-refractivity contribution in [1.82, 2.24) is 5.32 Å². The Hall–Kier alpha value is -2.28. The molecule has 0 atom stereocenters. The molecule has 0 saturated carbocycles. The molecule has 0 bridgehead atoms. The van der Waals surface area contributed by atoms with Crippen LogP contribution in [0.3, 0.4) is 0 Å². The van der Waals surface area contributed by atoms with Gasteiger partial charge in [0, 0.05) is 19.2 Å². The van der Waals surface area contributed by atoms with Crippen molar-refractivity contribution in [3.63, 3.8) is 0 Å². The molecule has 0 aliphatic rings. The van der Waals surface area contributed by atoms with Crippen LogP contribution in [0, 0.1) is 20.2 Å². The summed E-state index contributed by atoms with van der Waals surface area (Å²) in [5, 5.41) is 48.6. The molecule has 0 radical (unpaired) electrons. The first-order valence-corrected chi connectivity index (χ1v) is 7.51. The van der Waals surface area contributed by atoms with E-state index in [1.807, 2.05) is 0 Å². The summed E-state index contributed by atoms with van der Waals surface area (Å²) in [6.07, 6.45) is 0. The van der Waals surface area contributed by atoms with E-state index in [2.05, 4.69) is 5.32 Å². The van der Waals surface area contributed by atoms with Crippen LogP contribution in [-0.4, -0.2) is 63.2 Å². The number of rotatable bonds is 9. The topological polar surface area (TPSA) is 176 Å². The lowest BCUT2D eigenvalue weighted by Crippen LogP contribution is -2.21. The van der Waals surface area contributed by atoms with Gasteiger partial charge in [0.05, 0.1) is 39.8 Å². The maximum Gasteiger partial charge on any atom is 0.313 e. The Kier molecular flexibility index (Phi) is 11.0. The third-order valence-corrected chi connectivity index (χ3v) is 3.33. The van der Waals surface area contributed by atoms with E-state index < -0.39 is 27.2 Å². The van der Waals surface area contributed by atoms with Crippen LogP contribution in [0.4, 0.5) is 11.4 Å². The Labute approximate surface area is 140 Å². The number of nitro benzene ring substituents is 2. The minimum atomic E-state index is -1.12. The average Bonchev–Trinajstić information content (AvgIpc) is 2.53. The first-order chi connectivity index (χ1) is 11.3. The molecule has 11 nitrogen and oxygen atoms in total. The number of carbonyl (C=O) groups is 1. The average molecular weight is 363 g/mol. The smallest absolute Gasteiger partial charge is 0.313 e. The van der Waals surface area contributed by atoms with E-state index in [1.54, 1.807) is 0 Å². The second kappa shape index (κ2) is 12.2. The summed E-state index contributed by atoms with van der Waals surface area (Å²) < 4.78 is 0. The second-order valence-electron chi connectivity index (χ2n) is 4.05. The van der Waals surface area contributed by atoms with Crippen LogP contribution in [0.25, 0.3) is 0 Å². The summed E-state index contributed by atoms with van der Waals surface area (Å²) in [6, 6.07) is 3.07. The third kappa shape index (κ3) is 8.99. The molecule has 1 aromatic rings. The van der Waals surface area contributed by atoms with Crippen molar-refractivity contribution in [1.29, 1.82) is 0 Å². The molecule has 1 aromatic carbocycles. The molecular weight excluding hydrogens is 346 g/mol. The van der Waals surface area contributed by atoms with E-state index in [1.165, 1.54) is 6.07 Å². The molecule has 134 valence electrons. The van der Waals surface area contributed by atoms with Crippen molar-refractivity contribution < 1.29 is 30.0 Å². The van der Waals surface area contributed by atoms with Gasteiger partial charge in [0.15, 0.2) is 0 Å². The van der Waals surface area contributed by atoms with Crippen LogP contribution >= 0.6 is 11.8 Å².